The van der Waals surface area contributed by atoms with Crippen molar-refractivity contribution in [1.29, 1.82) is 0 Å². The van der Waals surface area contributed by atoms with Crippen molar-refractivity contribution in [2.45, 2.75) is 41.8 Å². The molecule has 2 aromatic carbocycles. The third-order valence-corrected chi connectivity index (χ3v) is 6.19. The van der Waals surface area contributed by atoms with Gasteiger partial charge in [0, 0.05) is 22.4 Å². The van der Waals surface area contributed by atoms with Crippen LogP contribution >= 0.6 is 0 Å². The van der Waals surface area contributed by atoms with Gasteiger partial charge in [0.15, 0.2) is 0 Å². The van der Waals surface area contributed by atoms with E-state index in [1.807, 2.05) is 42.5 Å². The van der Waals surface area contributed by atoms with Gasteiger partial charge in [-0.2, -0.15) is 0 Å². The summed E-state index contributed by atoms with van der Waals surface area (Å²) in [6.07, 6.45) is 2.10. The van der Waals surface area contributed by atoms with E-state index in [1.165, 1.54) is 0 Å². The van der Waals surface area contributed by atoms with Gasteiger partial charge < -0.3 is 10.2 Å². The molecule has 2 aromatic rings. The minimum Gasteiger partial charge on any atom is -0.395 e. The quantitative estimate of drug-likeness (QED) is 0.843. The highest BCUT2D eigenvalue weighted by atomic mass is 32.2. The number of rotatable bonds is 6. The Bertz CT molecular complexity index is 719. The molecule has 1 saturated heterocycles. The Labute approximate surface area is 145 Å². The van der Waals surface area contributed by atoms with Gasteiger partial charge in [-0.3, -0.25) is 4.90 Å². The zero-order valence-electron chi connectivity index (χ0n) is 13.6. The first kappa shape index (κ1) is 17.3. The number of aliphatic hydroxyl groups excluding tert-OH is 2. The molecule has 1 unspecified atom stereocenters. The van der Waals surface area contributed by atoms with E-state index in [4.69, 9.17) is 0 Å². The first-order valence-corrected chi connectivity index (χ1v) is 9.43. The molecule has 0 aromatic heterocycles. The van der Waals surface area contributed by atoms with Crippen LogP contribution in [0.3, 0.4) is 0 Å². The molecular formula is C19H23NO3S. The molecule has 1 aliphatic rings. The summed E-state index contributed by atoms with van der Waals surface area (Å²) < 4.78 is 13.1. The van der Waals surface area contributed by atoms with Gasteiger partial charge in [-0.15, -0.1) is 0 Å². The summed E-state index contributed by atoms with van der Waals surface area (Å²) >= 11 is 0. The van der Waals surface area contributed by atoms with E-state index in [-0.39, 0.29) is 19.3 Å². The average Bonchev–Trinajstić information content (AvgIpc) is 3.08. The predicted molar refractivity (Wildman–Crippen MR) is 94.0 cm³/mol. The zero-order chi connectivity index (χ0) is 16.9. The lowest BCUT2D eigenvalue weighted by Crippen LogP contribution is -2.32. The second kappa shape index (κ2) is 8.03. The van der Waals surface area contributed by atoms with Gasteiger partial charge in [-0.1, -0.05) is 36.4 Å². The molecule has 5 heteroatoms. The summed E-state index contributed by atoms with van der Waals surface area (Å²) in [7, 11) is -1.33. The van der Waals surface area contributed by atoms with Crippen LogP contribution in [0.2, 0.25) is 0 Å². The van der Waals surface area contributed by atoms with Crippen LogP contribution in [0.5, 0.6) is 0 Å². The third-order valence-electron chi connectivity index (χ3n) is 4.60. The van der Waals surface area contributed by atoms with Crippen molar-refractivity contribution in [3.63, 3.8) is 0 Å². The maximum absolute atomic E-state index is 13.1. The van der Waals surface area contributed by atoms with Gasteiger partial charge in [0.25, 0.3) is 0 Å². The van der Waals surface area contributed by atoms with Crippen LogP contribution in [-0.2, 0) is 24.0 Å². The van der Waals surface area contributed by atoms with Gasteiger partial charge in [0.1, 0.15) is 0 Å². The van der Waals surface area contributed by atoms with Crippen LogP contribution < -0.4 is 0 Å². The summed E-state index contributed by atoms with van der Waals surface area (Å²) in [6.45, 7) is 1.69. The van der Waals surface area contributed by atoms with E-state index >= 15 is 0 Å². The fourth-order valence-corrected chi connectivity index (χ4v) is 4.66. The first-order valence-electron chi connectivity index (χ1n) is 8.28. The van der Waals surface area contributed by atoms with E-state index in [0.717, 1.165) is 29.8 Å². The molecule has 1 fully saturated rings. The lowest BCUT2D eigenvalue weighted by atomic mass is 10.2. The second-order valence-electron chi connectivity index (χ2n) is 6.09. The van der Waals surface area contributed by atoms with Crippen molar-refractivity contribution in [2.75, 3.05) is 13.2 Å². The standard InChI is InChI=1S/C19H23NO3S/c21-13-16-7-2-4-10-19(16)24(23)18-9-3-1-6-15(18)12-20-11-5-8-17(20)14-22/h1-4,6-7,9-10,17,21-22H,5,8,11-14H2/t17-,24?/m1/s1. The molecule has 0 saturated carbocycles. The second-order valence-corrected chi connectivity index (χ2v) is 7.51. The summed E-state index contributed by atoms with van der Waals surface area (Å²) in [5.41, 5.74) is 1.71. The number of aliphatic hydroxyl groups is 2. The van der Waals surface area contributed by atoms with Crippen LogP contribution in [0.1, 0.15) is 24.0 Å². The number of nitrogens with zero attached hydrogens (tertiary/aromatic N) is 1. The minimum atomic E-state index is -1.33. The zero-order valence-corrected chi connectivity index (χ0v) is 14.4. The summed E-state index contributed by atoms with van der Waals surface area (Å²) in [6, 6.07) is 15.2. The summed E-state index contributed by atoms with van der Waals surface area (Å²) in [4.78, 5) is 3.70. The van der Waals surface area contributed by atoms with E-state index in [9.17, 15) is 14.4 Å². The molecule has 128 valence electrons. The molecule has 24 heavy (non-hydrogen) atoms. The largest absolute Gasteiger partial charge is 0.395 e. The molecule has 0 amide bonds. The molecule has 1 aliphatic heterocycles. The Kier molecular flexibility index (Phi) is 5.79. The number of benzene rings is 2. The topological polar surface area (TPSA) is 60.8 Å². The first-order chi connectivity index (χ1) is 11.7. The van der Waals surface area contributed by atoms with E-state index < -0.39 is 10.8 Å². The monoisotopic (exact) mass is 345 g/mol. The third kappa shape index (κ3) is 3.59. The van der Waals surface area contributed by atoms with Gasteiger partial charge in [-0.05, 0) is 42.6 Å². The Morgan fingerprint density at radius 3 is 2.29 bits per heavy atom. The SMILES string of the molecule is O=S(c1ccccc1CO)c1ccccc1CN1CCC[C@@H]1CO. The van der Waals surface area contributed by atoms with Crippen molar-refractivity contribution in [1.82, 2.24) is 4.90 Å². The van der Waals surface area contributed by atoms with Crippen LogP contribution in [0.15, 0.2) is 58.3 Å². The number of hydrogen-bond donors (Lipinski definition) is 2. The van der Waals surface area contributed by atoms with Crippen molar-refractivity contribution >= 4 is 10.8 Å². The highest BCUT2D eigenvalue weighted by Crippen LogP contribution is 2.26. The van der Waals surface area contributed by atoms with Crippen LogP contribution in [0, 0.1) is 0 Å². The van der Waals surface area contributed by atoms with E-state index in [2.05, 4.69) is 4.90 Å². The van der Waals surface area contributed by atoms with Crippen molar-refractivity contribution in [3.8, 4) is 0 Å². The average molecular weight is 345 g/mol. The molecule has 3 rings (SSSR count). The Morgan fingerprint density at radius 1 is 1.00 bits per heavy atom. The maximum Gasteiger partial charge on any atom is 0.0856 e. The fraction of sp³-hybridized carbons (Fsp3) is 0.368. The van der Waals surface area contributed by atoms with Gasteiger partial charge in [0.05, 0.1) is 24.0 Å². The molecule has 2 atom stereocenters. The highest BCUT2D eigenvalue weighted by molar-refractivity contribution is 7.85. The van der Waals surface area contributed by atoms with Crippen molar-refractivity contribution in [2.24, 2.45) is 0 Å². The van der Waals surface area contributed by atoms with Crippen molar-refractivity contribution < 1.29 is 14.4 Å². The van der Waals surface area contributed by atoms with Crippen molar-refractivity contribution in [3.05, 3.63) is 59.7 Å². The molecule has 2 N–H and O–H groups in total. The Hall–Kier alpha value is -1.53. The van der Waals surface area contributed by atoms with Gasteiger partial charge >= 0.3 is 0 Å². The van der Waals surface area contributed by atoms with Crippen LogP contribution in [0.4, 0.5) is 0 Å². The number of likely N-dealkylation sites (tertiary alicyclic amines) is 1. The van der Waals surface area contributed by atoms with E-state index in [0.29, 0.717) is 17.0 Å². The molecule has 0 aliphatic carbocycles. The Balaban J connectivity index is 1.90. The minimum absolute atomic E-state index is 0.122. The highest BCUT2D eigenvalue weighted by Gasteiger charge is 2.25. The lowest BCUT2D eigenvalue weighted by molar-refractivity contribution is 0.153. The summed E-state index contributed by atoms with van der Waals surface area (Å²) in [5, 5.41) is 19.0. The molecule has 0 spiro atoms. The molecule has 0 bridgehead atoms. The van der Waals surface area contributed by atoms with E-state index in [1.54, 1.807) is 6.07 Å². The predicted octanol–water partition coefficient (Wildman–Crippen LogP) is 2.30. The molecular weight excluding hydrogens is 322 g/mol. The van der Waals surface area contributed by atoms with Gasteiger partial charge in [0.2, 0.25) is 0 Å². The Morgan fingerprint density at radius 2 is 1.62 bits per heavy atom. The maximum atomic E-state index is 13.1. The van der Waals surface area contributed by atoms with Gasteiger partial charge in [-0.25, -0.2) is 4.21 Å². The lowest BCUT2D eigenvalue weighted by Gasteiger charge is -2.24. The number of hydrogen-bond acceptors (Lipinski definition) is 4. The van der Waals surface area contributed by atoms with Crippen LogP contribution in [-0.4, -0.2) is 38.5 Å². The van der Waals surface area contributed by atoms with Crippen LogP contribution in [0.25, 0.3) is 0 Å². The fourth-order valence-electron chi connectivity index (χ4n) is 3.28. The molecule has 4 nitrogen and oxygen atoms in total. The molecule has 1 heterocycles. The molecule has 0 radical (unpaired) electrons. The summed E-state index contributed by atoms with van der Waals surface area (Å²) in [5.74, 6) is 0. The normalized spacial score (nSPS) is 19.5. The smallest absolute Gasteiger partial charge is 0.0856 e.